The molecule has 6 nitrogen and oxygen atoms in total. The van der Waals surface area contributed by atoms with E-state index in [4.69, 9.17) is 0 Å². The van der Waals surface area contributed by atoms with Crippen molar-refractivity contribution in [3.63, 3.8) is 0 Å². The van der Waals surface area contributed by atoms with Crippen molar-refractivity contribution in [3.8, 4) is 0 Å². The number of benzene rings is 2. The average Bonchev–Trinajstić information content (AvgIpc) is 2.72. The van der Waals surface area contributed by atoms with Crippen LogP contribution < -0.4 is 4.72 Å². The minimum absolute atomic E-state index is 0.0128. The topological polar surface area (TPSA) is 69.7 Å². The van der Waals surface area contributed by atoms with Crippen LogP contribution in [-0.2, 0) is 10.0 Å². The van der Waals surface area contributed by atoms with Gasteiger partial charge in [-0.15, -0.1) is 0 Å². The van der Waals surface area contributed by atoms with Gasteiger partial charge in [-0.2, -0.15) is 0 Å². The Balaban J connectivity index is 1.77. The smallest absolute Gasteiger partial charge is 0.262 e. The maximum Gasteiger partial charge on any atom is 0.262 e. The third-order valence-electron chi connectivity index (χ3n) is 6.06. The molecular formula is C23H31N3O3S. The van der Waals surface area contributed by atoms with Crippen LogP contribution in [0.25, 0.3) is 0 Å². The molecule has 1 fully saturated rings. The number of nitrogens with zero attached hydrogens (tertiary/aromatic N) is 2. The fraction of sp³-hybridized carbons (Fsp3) is 0.435. The Labute approximate surface area is 179 Å². The Hall–Kier alpha value is -2.38. The third kappa shape index (κ3) is 4.52. The van der Waals surface area contributed by atoms with Crippen LogP contribution in [0.3, 0.4) is 0 Å². The summed E-state index contributed by atoms with van der Waals surface area (Å²) in [7, 11) is -3.73. The lowest BCUT2D eigenvalue weighted by atomic mass is 10.0. The van der Waals surface area contributed by atoms with Crippen molar-refractivity contribution in [1.82, 2.24) is 9.80 Å². The number of amides is 1. The highest BCUT2D eigenvalue weighted by Gasteiger charge is 2.23. The van der Waals surface area contributed by atoms with E-state index in [1.165, 1.54) is 0 Å². The second-order valence-corrected chi connectivity index (χ2v) is 9.62. The molecule has 1 heterocycles. The summed E-state index contributed by atoms with van der Waals surface area (Å²) in [5.41, 5.74) is 4.42. The molecule has 1 amide bonds. The quantitative estimate of drug-likeness (QED) is 0.790. The lowest BCUT2D eigenvalue weighted by Crippen LogP contribution is -2.48. The van der Waals surface area contributed by atoms with Crippen LogP contribution in [-0.4, -0.2) is 56.8 Å². The fourth-order valence-electron chi connectivity index (χ4n) is 3.92. The highest BCUT2D eigenvalue weighted by Crippen LogP contribution is 2.28. The Morgan fingerprint density at radius 1 is 0.933 bits per heavy atom. The Bertz CT molecular complexity index is 1010. The van der Waals surface area contributed by atoms with E-state index in [0.29, 0.717) is 29.2 Å². The molecule has 3 rings (SSSR count). The number of aryl methyl sites for hydroxylation is 2. The van der Waals surface area contributed by atoms with Gasteiger partial charge in [0.15, 0.2) is 0 Å². The second-order valence-electron chi connectivity index (χ2n) is 8.00. The summed E-state index contributed by atoms with van der Waals surface area (Å²) in [6, 6.07) is 8.69. The molecule has 0 aliphatic carbocycles. The Morgan fingerprint density at radius 3 is 1.97 bits per heavy atom. The van der Waals surface area contributed by atoms with Crippen molar-refractivity contribution >= 4 is 21.6 Å². The van der Waals surface area contributed by atoms with Gasteiger partial charge >= 0.3 is 0 Å². The molecule has 1 aliphatic heterocycles. The SMILES string of the molecule is CCN1CCN(C(=O)c2ccc(NS(=O)(=O)c3c(C)c(C)cc(C)c3C)cc2)CC1. The zero-order valence-corrected chi connectivity index (χ0v) is 19.3. The largest absolute Gasteiger partial charge is 0.336 e. The Morgan fingerprint density at radius 2 is 1.47 bits per heavy atom. The van der Waals surface area contributed by atoms with Crippen molar-refractivity contribution in [2.75, 3.05) is 37.4 Å². The predicted octanol–water partition coefficient (Wildman–Crippen LogP) is 3.50. The van der Waals surface area contributed by atoms with E-state index in [0.717, 1.165) is 41.9 Å². The molecule has 0 aromatic heterocycles. The monoisotopic (exact) mass is 429 g/mol. The normalized spacial score (nSPS) is 15.3. The molecule has 0 saturated carbocycles. The molecule has 0 radical (unpaired) electrons. The molecule has 1 saturated heterocycles. The number of carbonyl (C=O) groups excluding carboxylic acids is 1. The average molecular weight is 430 g/mol. The standard InChI is InChI=1S/C23H31N3O3S/c1-6-25-11-13-26(14-12-25)23(27)20-7-9-21(10-8-20)24-30(28,29)22-18(4)16(2)15-17(3)19(22)5/h7-10,15,24H,6,11-14H2,1-5H3. The molecule has 2 aromatic rings. The van der Waals surface area contributed by atoms with E-state index in [1.807, 2.05) is 38.7 Å². The minimum atomic E-state index is -3.73. The van der Waals surface area contributed by atoms with E-state index in [1.54, 1.807) is 24.3 Å². The summed E-state index contributed by atoms with van der Waals surface area (Å²) in [5, 5.41) is 0. The minimum Gasteiger partial charge on any atom is -0.336 e. The van der Waals surface area contributed by atoms with E-state index in [-0.39, 0.29) is 5.91 Å². The maximum absolute atomic E-state index is 13.1. The van der Waals surface area contributed by atoms with Gasteiger partial charge in [0.2, 0.25) is 0 Å². The van der Waals surface area contributed by atoms with Gasteiger partial charge < -0.3 is 9.80 Å². The van der Waals surface area contributed by atoms with E-state index < -0.39 is 10.0 Å². The molecule has 1 aliphatic rings. The molecule has 7 heteroatoms. The number of hydrogen-bond donors (Lipinski definition) is 1. The van der Waals surface area contributed by atoms with Crippen LogP contribution in [0.15, 0.2) is 35.2 Å². The van der Waals surface area contributed by atoms with Crippen molar-refractivity contribution in [2.45, 2.75) is 39.5 Å². The Kier molecular flexibility index (Phi) is 6.53. The summed E-state index contributed by atoms with van der Waals surface area (Å²) in [6.45, 7) is 13.8. The summed E-state index contributed by atoms with van der Waals surface area (Å²) >= 11 is 0. The number of carbonyl (C=O) groups is 1. The van der Waals surface area contributed by atoms with Gasteiger partial charge in [0, 0.05) is 37.4 Å². The molecule has 1 N–H and O–H groups in total. The van der Waals surface area contributed by atoms with Gasteiger partial charge in [0.05, 0.1) is 4.90 Å². The van der Waals surface area contributed by atoms with Crippen LogP contribution >= 0.6 is 0 Å². The molecule has 2 aromatic carbocycles. The highest BCUT2D eigenvalue weighted by atomic mass is 32.2. The number of anilines is 1. The van der Waals surface area contributed by atoms with Crippen molar-refractivity contribution < 1.29 is 13.2 Å². The fourth-order valence-corrected chi connectivity index (χ4v) is 5.60. The molecule has 30 heavy (non-hydrogen) atoms. The summed E-state index contributed by atoms with van der Waals surface area (Å²) in [4.78, 5) is 17.2. The third-order valence-corrected chi connectivity index (χ3v) is 7.71. The van der Waals surface area contributed by atoms with Gasteiger partial charge in [-0.1, -0.05) is 13.0 Å². The predicted molar refractivity (Wildman–Crippen MR) is 121 cm³/mol. The maximum atomic E-state index is 13.1. The summed E-state index contributed by atoms with van der Waals surface area (Å²) < 4.78 is 28.8. The van der Waals surface area contributed by atoms with Gasteiger partial charge in [-0.25, -0.2) is 8.42 Å². The van der Waals surface area contributed by atoms with Crippen LogP contribution in [0.1, 0.15) is 39.5 Å². The number of hydrogen-bond acceptors (Lipinski definition) is 4. The molecule has 0 unspecified atom stereocenters. The van der Waals surface area contributed by atoms with Crippen LogP contribution in [0, 0.1) is 27.7 Å². The molecule has 0 atom stereocenters. The number of nitrogens with one attached hydrogen (secondary N) is 1. The van der Waals surface area contributed by atoms with Crippen LogP contribution in [0.5, 0.6) is 0 Å². The molecular weight excluding hydrogens is 398 g/mol. The van der Waals surface area contributed by atoms with Crippen molar-refractivity contribution in [1.29, 1.82) is 0 Å². The number of sulfonamides is 1. The van der Waals surface area contributed by atoms with Crippen LogP contribution in [0.4, 0.5) is 5.69 Å². The number of piperazine rings is 1. The highest BCUT2D eigenvalue weighted by molar-refractivity contribution is 7.92. The number of rotatable bonds is 5. The molecule has 0 spiro atoms. The van der Waals surface area contributed by atoms with Gasteiger partial charge in [0.25, 0.3) is 15.9 Å². The summed E-state index contributed by atoms with van der Waals surface area (Å²) in [5.74, 6) is -0.0128. The van der Waals surface area contributed by atoms with Crippen molar-refractivity contribution in [2.24, 2.45) is 0 Å². The van der Waals surface area contributed by atoms with Crippen molar-refractivity contribution in [3.05, 3.63) is 58.1 Å². The first-order valence-corrected chi connectivity index (χ1v) is 11.8. The van der Waals surface area contributed by atoms with E-state index in [9.17, 15) is 13.2 Å². The zero-order valence-electron chi connectivity index (χ0n) is 18.4. The van der Waals surface area contributed by atoms with Gasteiger partial charge in [0.1, 0.15) is 0 Å². The first-order valence-electron chi connectivity index (χ1n) is 10.4. The first-order chi connectivity index (χ1) is 14.1. The second kappa shape index (κ2) is 8.78. The van der Waals surface area contributed by atoms with Crippen LogP contribution in [0.2, 0.25) is 0 Å². The molecule has 0 bridgehead atoms. The lowest BCUT2D eigenvalue weighted by Gasteiger charge is -2.34. The van der Waals surface area contributed by atoms with E-state index in [2.05, 4.69) is 16.5 Å². The lowest BCUT2D eigenvalue weighted by molar-refractivity contribution is 0.0643. The van der Waals surface area contributed by atoms with Gasteiger partial charge in [-0.05, 0) is 80.8 Å². The first kappa shape index (κ1) is 22.3. The zero-order chi connectivity index (χ0) is 22.1. The number of likely N-dealkylation sites (N-methyl/N-ethyl adjacent to an activating group) is 1. The molecule has 162 valence electrons. The summed E-state index contributed by atoms with van der Waals surface area (Å²) in [6.07, 6.45) is 0. The van der Waals surface area contributed by atoms with Gasteiger partial charge in [-0.3, -0.25) is 9.52 Å². The van der Waals surface area contributed by atoms with E-state index >= 15 is 0 Å².